The van der Waals surface area contributed by atoms with Crippen molar-refractivity contribution in [2.75, 3.05) is 18.6 Å². The normalized spacial score (nSPS) is 14.7. The number of carbonyl (C=O) groups is 1. The molecule has 1 aliphatic heterocycles. The largest absolute Gasteiger partial charge is 0.496 e. The summed E-state index contributed by atoms with van der Waals surface area (Å²) >= 11 is 0. The summed E-state index contributed by atoms with van der Waals surface area (Å²) in [5.74, 6) is 0.0726. The predicted octanol–water partition coefficient (Wildman–Crippen LogP) is 5.14. The number of amides is 1. The summed E-state index contributed by atoms with van der Waals surface area (Å²) in [6, 6.07) is 9.57. The van der Waals surface area contributed by atoms with Gasteiger partial charge in [-0.3, -0.25) is 14.9 Å². The van der Waals surface area contributed by atoms with Gasteiger partial charge in [-0.1, -0.05) is 6.08 Å². The first-order valence-electron chi connectivity index (χ1n) is 10.9. The Morgan fingerprint density at radius 1 is 1.29 bits per heavy atom. The van der Waals surface area contributed by atoms with Gasteiger partial charge in [0.25, 0.3) is 5.69 Å². The van der Waals surface area contributed by atoms with Crippen molar-refractivity contribution in [2.24, 2.45) is 5.10 Å². The minimum Gasteiger partial charge on any atom is -0.496 e. The van der Waals surface area contributed by atoms with Gasteiger partial charge in [0.05, 0.1) is 23.8 Å². The topological polar surface area (TPSA) is 110 Å². The molecule has 34 heavy (non-hydrogen) atoms. The van der Waals surface area contributed by atoms with Crippen LogP contribution in [0.3, 0.4) is 0 Å². The molecule has 3 aromatic rings. The van der Waals surface area contributed by atoms with E-state index >= 15 is 0 Å². The Morgan fingerprint density at radius 2 is 2.06 bits per heavy atom. The van der Waals surface area contributed by atoms with Crippen molar-refractivity contribution in [1.82, 2.24) is 5.43 Å². The number of carbonyl (C=O) groups excluding carboxylic acids is 1. The molecular formula is C25H26N4O5. The number of nitro benzene ring substituents is 1. The number of hydrogen-bond acceptors (Lipinski definition) is 7. The van der Waals surface area contributed by atoms with E-state index in [1.54, 1.807) is 7.11 Å². The molecule has 1 aromatic heterocycles. The molecule has 9 heteroatoms. The number of non-ortho nitro benzene ring substituents is 1. The lowest BCUT2D eigenvalue weighted by molar-refractivity contribution is -0.384. The number of fused-ring (bicyclic) bond motifs is 2. The van der Waals surface area contributed by atoms with Gasteiger partial charge in [-0.25, -0.2) is 5.43 Å². The highest BCUT2D eigenvalue weighted by atomic mass is 16.6. The number of nitrogens with one attached hydrogen (secondary N) is 1. The fourth-order valence-corrected chi connectivity index (χ4v) is 4.45. The SMILES string of the molecule is CCN1c2cc(OC)c(/C=N\NC(=O)c3cc4cc([N+](=O)[O-])ccc4o3)cc2C(C)=CC1(C)C. The zero-order valence-electron chi connectivity index (χ0n) is 19.7. The van der Waals surface area contributed by atoms with Crippen LogP contribution >= 0.6 is 0 Å². The van der Waals surface area contributed by atoms with Gasteiger partial charge in [0.1, 0.15) is 11.3 Å². The lowest BCUT2D eigenvalue weighted by Gasteiger charge is -2.43. The van der Waals surface area contributed by atoms with Crippen molar-refractivity contribution >= 4 is 40.0 Å². The first-order chi connectivity index (χ1) is 16.1. The maximum atomic E-state index is 12.5. The van der Waals surface area contributed by atoms with Gasteiger partial charge in [0.2, 0.25) is 0 Å². The molecule has 0 unspecified atom stereocenters. The summed E-state index contributed by atoms with van der Waals surface area (Å²) in [7, 11) is 1.60. The summed E-state index contributed by atoms with van der Waals surface area (Å²) < 4.78 is 11.1. The third kappa shape index (κ3) is 4.12. The smallest absolute Gasteiger partial charge is 0.307 e. The van der Waals surface area contributed by atoms with E-state index < -0.39 is 10.8 Å². The highest BCUT2D eigenvalue weighted by Gasteiger charge is 2.31. The number of furan rings is 1. The summed E-state index contributed by atoms with van der Waals surface area (Å²) in [4.78, 5) is 25.3. The minimum absolute atomic E-state index is 0.00431. The van der Waals surface area contributed by atoms with Gasteiger partial charge in [-0.2, -0.15) is 5.10 Å². The van der Waals surface area contributed by atoms with Crippen LogP contribution < -0.4 is 15.1 Å². The molecule has 0 atom stereocenters. The number of hydrazone groups is 1. The van der Waals surface area contributed by atoms with E-state index in [0.29, 0.717) is 22.3 Å². The second kappa shape index (κ2) is 8.66. The molecule has 0 fully saturated rings. The molecule has 0 aliphatic carbocycles. The van der Waals surface area contributed by atoms with Crippen molar-refractivity contribution in [3.63, 3.8) is 0 Å². The highest BCUT2D eigenvalue weighted by molar-refractivity contribution is 5.97. The van der Waals surface area contributed by atoms with Crippen LogP contribution in [0.4, 0.5) is 11.4 Å². The van der Waals surface area contributed by atoms with E-state index in [1.807, 2.05) is 12.1 Å². The van der Waals surface area contributed by atoms with Crippen molar-refractivity contribution in [3.8, 4) is 5.75 Å². The van der Waals surface area contributed by atoms with Crippen LogP contribution in [0.2, 0.25) is 0 Å². The van der Waals surface area contributed by atoms with Crippen molar-refractivity contribution in [2.45, 2.75) is 33.2 Å². The highest BCUT2D eigenvalue weighted by Crippen LogP contribution is 2.41. The van der Waals surface area contributed by atoms with E-state index in [0.717, 1.165) is 23.4 Å². The van der Waals surface area contributed by atoms with Crippen LogP contribution in [0, 0.1) is 10.1 Å². The van der Waals surface area contributed by atoms with E-state index in [-0.39, 0.29) is 17.0 Å². The minimum atomic E-state index is -0.568. The van der Waals surface area contributed by atoms with Crippen LogP contribution in [0.1, 0.15) is 49.4 Å². The molecule has 0 saturated carbocycles. The quantitative estimate of drug-likeness (QED) is 0.309. The van der Waals surface area contributed by atoms with Gasteiger partial charge in [-0.05, 0) is 51.5 Å². The first kappa shape index (κ1) is 23.0. The number of methoxy groups -OCH3 is 1. The second-order valence-corrected chi connectivity index (χ2v) is 8.63. The molecule has 2 heterocycles. The van der Waals surface area contributed by atoms with Crippen molar-refractivity contribution < 1.29 is 18.9 Å². The fourth-order valence-electron chi connectivity index (χ4n) is 4.45. The van der Waals surface area contributed by atoms with E-state index in [1.165, 1.54) is 30.5 Å². The Hall–Kier alpha value is -4.14. The number of ether oxygens (including phenoxy) is 1. The Bertz CT molecular complexity index is 1350. The molecule has 176 valence electrons. The average Bonchev–Trinajstić information content (AvgIpc) is 3.22. The molecule has 9 nitrogen and oxygen atoms in total. The standard InChI is InChI=1S/C25H26N4O5/c1-6-28-20-12-22(33-5)17(10-19(20)15(2)13-25(28,3)4)14-26-27-24(30)23-11-16-9-18(29(31)32)7-8-21(16)34-23/h7-14H,6H2,1-5H3,(H,27,30)/b26-14-. The molecule has 1 aliphatic rings. The Labute approximate surface area is 196 Å². The van der Waals surface area contributed by atoms with Crippen LogP contribution in [-0.2, 0) is 0 Å². The maximum Gasteiger partial charge on any atom is 0.307 e. The van der Waals surface area contributed by atoms with Crippen LogP contribution in [0.25, 0.3) is 16.5 Å². The molecular weight excluding hydrogens is 436 g/mol. The molecule has 4 rings (SSSR count). The molecule has 1 amide bonds. The molecule has 0 spiro atoms. The summed E-state index contributed by atoms with van der Waals surface area (Å²) in [5, 5.41) is 15.5. The lowest BCUT2D eigenvalue weighted by Crippen LogP contribution is -2.44. The van der Waals surface area contributed by atoms with E-state index in [2.05, 4.69) is 49.2 Å². The Balaban J connectivity index is 1.58. The zero-order valence-corrected chi connectivity index (χ0v) is 19.7. The monoisotopic (exact) mass is 462 g/mol. The van der Waals surface area contributed by atoms with Crippen molar-refractivity contribution in [3.05, 3.63) is 69.5 Å². The second-order valence-electron chi connectivity index (χ2n) is 8.63. The van der Waals surface area contributed by atoms with Crippen molar-refractivity contribution in [1.29, 1.82) is 0 Å². The molecule has 0 bridgehead atoms. The van der Waals surface area contributed by atoms with Gasteiger partial charge in [-0.15, -0.1) is 0 Å². The average molecular weight is 463 g/mol. The van der Waals surface area contributed by atoms with Gasteiger partial charge in [0, 0.05) is 46.9 Å². The summed E-state index contributed by atoms with van der Waals surface area (Å²) in [6.45, 7) is 9.40. The van der Waals surface area contributed by atoms with Crippen LogP contribution in [-0.4, -0.2) is 36.2 Å². The molecule has 0 saturated heterocycles. The molecule has 1 N–H and O–H groups in total. The number of likely N-dealkylation sites (N-methyl/N-ethyl adjacent to an activating group) is 1. The molecule has 2 aromatic carbocycles. The number of anilines is 1. The number of nitro groups is 1. The summed E-state index contributed by atoms with van der Waals surface area (Å²) in [6.07, 6.45) is 3.76. The van der Waals surface area contributed by atoms with Gasteiger partial charge < -0.3 is 14.1 Å². The van der Waals surface area contributed by atoms with Crippen LogP contribution in [0.15, 0.2) is 52.0 Å². The predicted molar refractivity (Wildman–Crippen MR) is 132 cm³/mol. The number of rotatable bonds is 6. The first-order valence-corrected chi connectivity index (χ1v) is 10.9. The third-order valence-corrected chi connectivity index (χ3v) is 5.95. The molecule has 0 radical (unpaired) electrons. The van der Waals surface area contributed by atoms with E-state index in [4.69, 9.17) is 9.15 Å². The zero-order chi connectivity index (χ0) is 24.6. The van der Waals surface area contributed by atoms with Crippen LogP contribution in [0.5, 0.6) is 5.75 Å². The Morgan fingerprint density at radius 3 is 2.74 bits per heavy atom. The fraction of sp³-hybridized carbons (Fsp3) is 0.280. The number of allylic oxidation sites excluding steroid dienone is 1. The number of benzene rings is 2. The number of hydrogen-bond donors (Lipinski definition) is 1. The van der Waals surface area contributed by atoms with Gasteiger partial charge in [0.15, 0.2) is 5.76 Å². The van der Waals surface area contributed by atoms with E-state index in [9.17, 15) is 14.9 Å². The maximum absolute atomic E-state index is 12.5. The number of nitrogens with zero attached hydrogens (tertiary/aromatic N) is 3. The third-order valence-electron chi connectivity index (χ3n) is 5.95. The Kier molecular flexibility index (Phi) is 5.87. The van der Waals surface area contributed by atoms with Gasteiger partial charge >= 0.3 is 5.91 Å². The lowest BCUT2D eigenvalue weighted by atomic mass is 9.88. The summed E-state index contributed by atoms with van der Waals surface area (Å²) in [5.41, 5.74) is 6.66.